The minimum atomic E-state index is -0.113. The molecular formula is C15H20N2. The molecule has 1 aliphatic rings. The molecule has 0 amide bonds. The number of benzene rings is 1. The summed E-state index contributed by atoms with van der Waals surface area (Å²) in [4.78, 5) is 2.33. The van der Waals surface area contributed by atoms with Crippen LogP contribution in [0, 0.1) is 16.7 Å². The third kappa shape index (κ3) is 2.68. The molecule has 2 heteroatoms. The predicted octanol–water partition coefficient (Wildman–Crippen LogP) is 3.16. The Morgan fingerprint density at radius 2 is 1.88 bits per heavy atom. The second-order valence-corrected chi connectivity index (χ2v) is 5.71. The Kier molecular flexibility index (Phi) is 3.22. The summed E-state index contributed by atoms with van der Waals surface area (Å²) in [5, 5.41) is 8.95. The zero-order valence-electron chi connectivity index (χ0n) is 10.9. The average molecular weight is 228 g/mol. The van der Waals surface area contributed by atoms with Gasteiger partial charge < -0.3 is 0 Å². The van der Waals surface area contributed by atoms with Crippen LogP contribution in [0.25, 0.3) is 0 Å². The molecule has 2 nitrogen and oxygen atoms in total. The number of nitriles is 1. The molecule has 1 fully saturated rings. The molecule has 0 saturated carbocycles. The molecule has 1 saturated heterocycles. The zero-order chi connectivity index (χ0) is 12.5. The first-order chi connectivity index (χ1) is 8.02. The highest BCUT2D eigenvalue weighted by Crippen LogP contribution is 2.30. The third-order valence-electron chi connectivity index (χ3n) is 3.47. The topological polar surface area (TPSA) is 27.0 Å². The molecule has 0 bridgehead atoms. The molecule has 0 atom stereocenters. The molecule has 2 rings (SSSR count). The van der Waals surface area contributed by atoms with E-state index < -0.39 is 0 Å². The second kappa shape index (κ2) is 4.50. The van der Waals surface area contributed by atoms with Gasteiger partial charge in [0.05, 0.1) is 11.5 Å². The van der Waals surface area contributed by atoms with E-state index in [2.05, 4.69) is 49.1 Å². The van der Waals surface area contributed by atoms with Gasteiger partial charge >= 0.3 is 0 Å². The second-order valence-electron chi connectivity index (χ2n) is 5.71. The van der Waals surface area contributed by atoms with Gasteiger partial charge in [0.15, 0.2) is 0 Å². The smallest absolute Gasteiger partial charge is 0.0799 e. The number of hydrogen-bond acceptors (Lipinski definition) is 2. The van der Waals surface area contributed by atoms with Gasteiger partial charge in [0.1, 0.15) is 0 Å². The van der Waals surface area contributed by atoms with Crippen molar-refractivity contribution in [1.82, 2.24) is 4.90 Å². The summed E-state index contributed by atoms with van der Waals surface area (Å²) in [6.45, 7) is 9.22. The van der Waals surface area contributed by atoms with Crippen molar-refractivity contribution < 1.29 is 0 Å². The standard InChI is InChI=1S/C15H20N2/c1-12(2)14-6-4-13(5-7-14)8-17-10-15(3,9-16)11-17/h4-7,12H,8,10-11H2,1-3H3. The van der Waals surface area contributed by atoms with Gasteiger partial charge in [-0.2, -0.15) is 5.26 Å². The van der Waals surface area contributed by atoms with Gasteiger partial charge in [0.2, 0.25) is 0 Å². The minimum absolute atomic E-state index is 0.113. The Morgan fingerprint density at radius 1 is 1.29 bits per heavy atom. The number of rotatable bonds is 3. The van der Waals surface area contributed by atoms with Crippen molar-refractivity contribution >= 4 is 0 Å². The predicted molar refractivity (Wildman–Crippen MR) is 69.5 cm³/mol. The van der Waals surface area contributed by atoms with Gasteiger partial charge in [0.25, 0.3) is 0 Å². The maximum atomic E-state index is 8.95. The largest absolute Gasteiger partial charge is 0.296 e. The highest BCUT2D eigenvalue weighted by molar-refractivity contribution is 5.25. The van der Waals surface area contributed by atoms with E-state index in [4.69, 9.17) is 5.26 Å². The van der Waals surface area contributed by atoms with Gasteiger partial charge in [-0.05, 0) is 24.0 Å². The summed E-state index contributed by atoms with van der Waals surface area (Å²) >= 11 is 0. The number of likely N-dealkylation sites (tertiary alicyclic amines) is 1. The maximum absolute atomic E-state index is 8.95. The first-order valence-electron chi connectivity index (χ1n) is 6.25. The van der Waals surface area contributed by atoms with Crippen LogP contribution < -0.4 is 0 Å². The lowest BCUT2D eigenvalue weighted by Gasteiger charge is -2.43. The van der Waals surface area contributed by atoms with Crippen LogP contribution in [-0.2, 0) is 6.54 Å². The van der Waals surface area contributed by atoms with Crippen molar-refractivity contribution in [3.63, 3.8) is 0 Å². The maximum Gasteiger partial charge on any atom is 0.0799 e. The Morgan fingerprint density at radius 3 is 2.35 bits per heavy atom. The first-order valence-corrected chi connectivity index (χ1v) is 6.25. The van der Waals surface area contributed by atoms with Crippen molar-refractivity contribution in [3.05, 3.63) is 35.4 Å². The fraction of sp³-hybridized carbons (Fsp3) is 0.533. The lowest BCUT2D eigenvalue weighted by Crippen LogP contribution is -2.53. The Balaban J connectivity index is 1.91. The molecule has 0 N–H and O–H groups in total. The summed E-state index contributed by atoms with van der Waals surface area (Å²) in [5.41, 5.74) is 2.62. The van der Waals surface area contributed by atoms with Gasteiger partial charge in [-0.25, -0.2) is 0 Å². The molecule has 1 heterocycles. The van der Waals surface area contributed by atoms with Crippen LogP contribution in [0.5, 0.6) is 0 Å². The number of hydrogen-bond donors (Lipinski definition) is 0. The molecule has 0 unspecified atom stereocenters. The van der Waals surface area contributed by atoms with Crippen LogP contribution in [0.1, 0.15) is 37.8 Å². The van der Waals surface area contributed by atoms with E-state index in [1.54, 1.807) is 0 Å². The van der Waals surface area contributed by atoms with Gasteiger partial charge in [-0.15, -0.1) is 0 Å². The van der Waals surface area contributed by atoms with Crippen LogP contribution in [0.3, 0.4) is 0 Å². The average Bonchev–Trinajstić information content (AvgIpc) is 2.27. The van der Waals surface area contributed by atoms with E-state index in [-0.39, 0.29) is 5.41 Å². The summed E-state index contributed by atoms with van der Waals surface area (Å²) < 4.78 is 0. The van der Waals surface area contributed by atoms with Crippen LogP contribution in [0.4, 0.5) is 0 Å². The summed E-state index contributed by atoms with van der Waals surface area (Å²) in [7, 11) is 0. The fourth-order valence-electron chi connectivity index (χ4n) is 2.39. The Labute approximate surface area is 104 Å². The van der Waals surface area contributed by atoms with E-state index >= 15 is 0 Å². The highest BCUT2D eigenvalue weighted by atomic mass is 15.2. The molecule has 1 aromatic rings. The van der Waals surface area contributed by atoms with E-state index in [1.807, 2.05) is 6.92 Å². The molecular weight excluding hydrogens is 208 g/mol. The summed E-state index contributed by atoms with van der Waals surface area (Å²) in [6, 6.07) is 11.2. The molecule has 0 aliphatic carbocycles. The Hall–Kier alpha value is -1.33. The van der Waals surface area contributed by atoms with Gasteiger partial charge in [-0.3, -0.25) is 4.90 Å². The quantitative estimate of drug-likeness (QED) is 0.794. The Bertz CT molecular complexity index is 419. The van der Waals surface area contributed by atoms with E-state index in [0.717, 1.165) is 19.6 Å². The molecule has 1 aliphatic heterocycles. The fourth-order valence-corrected chi connectivity index (χ4v) is 2.39. The molecule has 90 valence electrons. The molecule has 0 aromatic heterocycles. The van der Waals surface area contributed by atoms with Gasteiger partial charge in [-0.1, -0.05) is 38.1 Å². The van der Waals surface area contributed by atoms with Crippen molar-refractivity contribution in [2.45, 2.75) is 33.2 Å². The molecule has 0 radical (unpaired) electrons. The van der Waals surface area contributed by atoms with E-state index in [0.29, 0.717) is 5.92 Å². The monoisotopic (exact) mass is 228 g/mol. The first kappa shape index (κ1) is 12.1. The van der Waals surface area contributed by atoms with E-state index in [9.17, 15) is 0 Å². The van der Waals surface area contributed by atoms with Gasteiger partial charge in [0, 0.05) is 19.6 Å². The van der Waals surface area contributed by atoms with Crippen molar-refractivity contribution in [3.8, 4) is 6.07 Å². The van der Waals surface area contributed by atoms with Crippen LogP contribution in [-0.4, -0.2) is 18.0 Å². The zero-order valence-corrected chi connectivity index (χ0v) is 10.9. The van der Waals surface area contributed by atoms with Crippen molar-refractivity contribution in [1.29, 1.82) is 5.26 Å². The summed E-state index contributed by atoms with van der Waals surface area (Å²) in [6.07, 6.45) is 0. The SMILES string of the molecule is CC(C)c1ccc(CN2CC(C)(C#N)C2)cc1. The minimum Gasteiger partial charge on any atom is -0.296 e. The highest BCUT2D eigenvalue weighted by Gasteiger charge is 2.38. The number of nitrogens with zero attached hydrogens (tertiary/aromatic N) is 2. The lowest BCUT2D eigenvalue weighted by molar-refractivity contribution is 0.0530. The van der Waals surface area contributed by atoms with Crippen LogP contribution in [0.15, 0.2) is 24.3 Å². The lowest BCUT2D eigenvalue weighted by atomic mass is 9.83. The third-order valence-corrected chi connectivity index (χ3v) is 3.47. The van der Waals surface area contributed by atoms with Crippen LogP contribution in [0.2, 0.25) is 0 Å². The van der Waals surface area contributed by atoms with E-state index in [1.165, 1.54) is 11.1 Å². The van der Waals surface area contributed by atoms with Crippen LogP contribution >= 0.6 is 0 Å². The molecule has 0 spiro atoms. The molecule has 17 heavy (non-hydrogen) atoms. The van der Waals surface area contributed by atoms with Crippen molar-refractivity contribution in [2.75, 3.05) is 13.1 Å². The van der Waals surface area contributed by atoms with Crippen molar-refractivity contribution in [2.24, 2.45) is 5.41 Å². The molecule has 1 aromatic carbocycles. The normalized spacial score (nSPS) is 18.8. The summed E-state index contributed by atoms with van der Waals surface area (Å²) in [5.74, 6) is 0.593.